The standard InChI is InChI=1S/C12H22O3/c1-6-12(7-13,8-14-10(2)3)9-15-11(4)5/h13H,2,4,6-9H2,1,3,5H3. The summed E-state index contributed by atoms with van der Waals surface area (Å²) in [7, 11) is 0. The molecule has 0 atom stereocenters. The molecule has 0 saturated carbocycles. The minimum Gasteiger partial charge on any atom is -0.498 e. The lowest BCUT2D eigenvalue weighted by Gasteiger charge is -2.30. The van der Waals surface area contributed by atoms with Gasteiger partial charge in [-0.15, -0.1) is 0 Å². The Labute approximate surface area is 92.4 Å². The van der Waals surface area contributed by atoms with Gasteiger partial charge in [-0.25, -0.2) is 0 Å². The Hall–Kier alpha value is -0.960. The van der Waals surface area contributed by atoms with Crippen LogP contribution in [-0.2, 0) is 9.47 Å². The first-order valence-corrected chi connectivity index (χ1v) is 5.13. The molecule has 15 heavy (non-hydrogen) atoms. The zero-order chi connectivity index (χ0) is 11.9. The molecule has 0 saturated heterocycles. The Morgan fingerprint density at radius 1 is 1.13 bits per heavy atom. The molecule has 1 N–H and O–H groups in total. The molecule has 0 spiro atoms. The topological polar surface area (TPSA) is 38.7 Å². The lowest BCUT2D eigenvalue weighted by Crippen LogP contribution is -2.35. The van der Waals surface area contributed by atoms with Gasteiger partial charge in [0.05, 0.1) is 36.8 Å². The van der Waals surface area contributed by atoms with Crippen LogP contribution < -0.4 is 0 Å². The van der Waals surface area contributed by atoms with E-state index in [0.29, 0.717) is 24.7 Å². The van der Waals surface area contributed by atoms with Crippen molar-refractivity contribution in [1.82, 2.24) is 0 Å². The van der Waals surface area contributed by atoms with E-state index in [1.54, 1.807) is 13.8 Å². The van der Waals surface area contributed by atoms with Crippen molar-refractivity contribution in [2.45, 2.75) is 27.2 Å². The van der Waals surface area contributed by atoms with E-state index < -0.39 is 0 Å². The van der Waals surface area contributed by atoms with Crippen LogP contribution in [0, 0.1) is 5.41 Å². The van der Waals surface area contributed by atoms with Crippen LogP contribution in [0.4, 0.5) is 0 Å². The van der Waals surface area contributed by atoms with Crippen molar-refractivity contribution in [3.8, 4) is 0 Å². The van der Waals surface area contributed by atoms with Gasteiger partial charge in [0.1, 0.15) is 0 Å². The molecule has 0 bridgehead atoms. The maximum Gasteiger partial charge on any atom is 0.0987 e. The van der Waals surface area contributed by atoms with Crippen LogP contribution in [0.25, 0.3) is 0 Å². The molecule has 0 amide bonds. The van der Waals surface area contributed by atoms with Gasteiger partial charge < -0.3 is 14.6 Å². The number of rotatable bonds is 8. The Morgan fingerprint density at radius 3 is 1.73 bits per heavy atom. The number of ether oxygens (including phenoxy) is 2. The summed E-state index contributed by atoms with van der Waals surface area (Å²) in [6, 6.07) is 0. The van der Waals surface area contributed by atoms with E-state index in [-0.39, 0.29) is 12.0 Å². The normalized spacial score (nSPS) is 10.9. The Morgan fingerprint density at radius 2 is 1.53 bits per heavy atom. The summed E-state index contributed by atoms with van der Waals surface area (Å²) in [5.74, 6) is 1.30. The van der Waals surface area contributed by atoms with E-state index in [9.17, 15) is 5.11 Å². The lowest BCUT2D eigenvalue weighted by atomic mass is 9.88. The Bertz CT molecular complexity index is 197. The third kappa shape index (κ3) is 5.47. The Kier molecular flexibility index (Phi) is 6.09. The van der Waals surface area contributed by atoms with E-state index in [2.05, 4.69) is 13.2 Å². The van der Waals surface area contributed by atoms with Crippen LogP contribution in [0.15, 0.2) is 24.7 Å². The monoisotopic (exact) mass is 214 g/mol. The van der Waals surface area contributed by atoms with Gasteiger partial charge in [-0.2, -0.15) is 0 Å². The van der Waals surface area contributed by atoms with Gasteiger partial charge in [0.25, 0.3) is 0 Å². The van der Waals surface area contributed by atoms with Gasteiger partial charge >= 0.3 is 0 Å². The molecular weight excluding hydrogens is 192 g/mol. The highest BCUT2D eigenvalue weighted by Gasteiger charge is 2.29. The van der Waals surface area contributed by atoms with Crippen molar-refractivity contribution in [3.05, 3.63) is 24.7 Å². The van der Waals surface area contributed by atoms with E-state index in [0.717, 1.165) is 6.42 Å². The molecule has 3 nitrogen and oxygen atoms in total. The van der Waals surface area contributed by atoms with E-state index >= 15 is 0 Å². The summed E-state index contributed by atoms with van der Waals surface area (Å²) in [5, 5.41) is 9.38. The SMILES string of the molecule is C=C(C)OCC(CC)(CO)COC(=C)C. The summed E-state index contributed by atoms with van der Waals surface area (Å²) in [6.45, 7) is 13.8. The molecule has 0 radical (unpaired) electrons. The molecule has 0 aromatic carbocycles. The third-order valence-electron chi connectivity index (χ3n) is 2.33. The van der Waals surface area contributed by atoms with Crippen LogP contribution >= 0.6 is 0 Å². The number of hydrogen-bond acceptors (Lipinski definition) is 3. The molecule has 0 unspecified atom stereocenters. The molecule has 0 fully saturated rings. The quantitative estimate of drug-likeness (QED) is 0.631. The van der Waals surface area contributed by atoms with E-state index in [4.69, 9.17) is 9.47 Å². The van der Waals surface area contributed by atoms with E-state index in [1.807, 2.05) is 6.92 Å². The predicted octanol–water partition coefficient (Wildman–Crippen LogP) is 2.48. The summed E-state index contributed by atoms with van der Waals surface area (Å²) in [4.78, 5) is 0. The zero-order valence-electron chi connectivity index (χ0n) is 10.0. The molecule has 0 rings (SSSR count). The minimum atomic E-state index is -0.363. The first-order chi connectivity index (χ1) is 6.95. The molecule has 88 valence electrons. The van der Waals surface area contributed by atoms with Crippen molar-refractivity contribution in [2.24, 2.45) is 5.41 Å². The second-order valence-electron chi connectivity index (χ2n) is 3.99. The fourth-order valence-corrected chi connectivity index (χ4v) is 1.00. The fraction of sp³-hybridized carbons (Fsp3) is 0.667. The van der Waals surface area contributed by atoms with Crippen LogP contribution in [0.5, 0.6) is 0 Å². The first-order valence-electron chi connectivity index (χ1n) is 5.13. The van der Waals surface area contributed by atoms with Crippen molar-refractivity contribution >= 4 is 0 Å². The average Bonchev–Trinajstić information content (AvgIpc) is 2.19. The van der Waals surface area contributed by atoms with Crippen LogP contribution in [0.1, 0.15) is 27.2 Å². The van der Waals surface area contributed by atoms with Crippen molar-refractivity contribution in [3.63, 3.8) is 0 Å². The first kappa shape index (κ1) is 14.0. The van der Waals surface area contributed by atoms with Crippen molar-refractivity contribution in [2.75, 3.05) is 19.8 Å². The van der Waals surface area contributed by atoms with Crippen LogP contribution in [0.2, 0.25) is 0 Å². The second kappa shape index (κ2) is 6.51. The minimum absolute atomic E-state index is 0.0318. The molecule has 0 aliphatic heterocycles. The summed E-state index contributed by atoms with van der Waals surface area (Å²) in [5.41, 5.74) is -0.363. The highest BCUT2D eigenvalue weighted by atomic mass is 16.5. The fourth-order valence-electron chi connectivity index (χ4n) is 1.00. The molecule has 0 heterocycles. The van der Waals surface area contributed by atoms with Gasteiger partial charge in [-0.1, -0.05) is 20.1 Å². The second-order valence-corrected chi connectivity index (χ2v) is 3.99. The van der Waals surface area contributed by atoms with Gasteiger partial charge in [0, 0.05) is 0 Å². The largest absolute Gasteiger partial charge is 0.498 e. The maximum absolute atomic E-state index is 9.38. The molecule has 0 aliphatic carbocycles. The number of hydrogen-bond donors (Lipinski definition) is 1. The highest BCUT2D eigenvalue weighted by Crippen LogP contribution is 2.24. The highest BCUT2D eigenvalue weighted by molar-refractivity contribution is 4.84. The molecule has 0 aromatic heterocycles. The number of allylic oxidation sites excluding steroid dienone is 2. The summed E-state index contributed by atoms with van der Waals surface area (Å²) in [6.07, 6.45) is 0.782. The van der Waals surface area contributed by atoms with Gasteiger partial charge in [-0.05, 0) is 20.3 Å². The summed E-state index contributed by atoms with van der Waals surface area (Å²) < 4.78 is 10.7. The lowest BCUT2D eigenvalue weighted by molar-refractivity contribution is -0.0192. The summed E-state index contributed by atoms with van der Waals surface area (Å²) >= 11 is 0. The maximum atomic E-state index is 9.38. The van der Waals surface area contributed by atoms with Gasteiger partial charge in [-0.3, -0.25) is 0 Å². The van der Waals surface area contributed by atoms with Crippen LogP contribution in [0.3, 0.4) is 0 Å². The number of aliphatic hydroxyl groups excluding tert-OH is 1. The zero-order valence-corrected chi connectivity index (χ0v) is 10.0. The van der Waals surface area contributed by atoms with Gasteiger partial charge in [0.2, 0.25) is 0 Å². The van der Waals surface area contributed by atoms with Crippen molar-refractivity contribution in [1.29, 1.82) is 0 Å². The Balaban J connectivity index is 4.29. The number of aliphatic hydroxyl groups is 1. The molecule has 3 heteroatoms. The van der Waals surface area contributed by atoms with Gasteiger partial charge in [0.15, 0.2) is 0 Å². The smallest absolute Gasteiger partial charge is 0.0987 e. The molecular formula is C12H22O3. The van der Waals surface area contributed by atoms with E-state index in [1.165, 1.54) is 0 Å². The third-order valence-corrected chi connectivity index (χ3v) is 2.33. The van der Waals surface area contributed by atoms with Crippen molar-refractivity contribution < 1.29 is 14.6 Å². The average molecular weight is 214 g/mol. The molecule has 0 aromatic rings. The predicted molar refractivity (Wildman–Crippen MR) is 61.3 cm³/mol. The van der Waals surface area contributed by atoms with Crippen LogP contribution in [-0.4, -0.2) is 24.9 Å². The molecule has 0 aliphatic rings.